The molecular weight excluding hydrogens is 444 g/mol. The van der Waals surface area contributed by atoms with E-state index in [4.69, 9.17) is 0 Å². The second-order valence-corrected chi connectivity index (χ2v) is 9.93. The van der Waals surface area contributed by atoms with Crippen LogP contribution in [0, 0.1) is 0 Å². The van der Waals surface area contributed by atoms with Gasteiger partial charge in [0.1, 0.15) is 0 Å². The van der Waals surface area contributed by atoms with Crippen molar-refractivity contribution in [2.24, 2.45) is 0 Å². The number of carbonyl (C=O) groups is 2. The Hall–Kier alpha value is -2.19. The van der Waals surface area contributed by atoms with Gasteiger partial charge in [-0.2, -0.15) is 0 Å². The Balaban J connectivity index is 1.71. The van der Waals surface area contributed by atoms with Gasteiger partial charge in [-0.15, -0.1) is 0 Å². The normalized spacial score (nSPS) is 15.8. The van der Waals surface area contributed by atoms with Crippen molar-refractivity contribution < 1.29 is 18.0 Å². The van der Waals surface area contributed by atoms with Gasteiger partial charge in [0.25, 0.3) is 5.91 Å². The minimum absolute atomic E-state index is 0.133. The maximum Gasteiger partial charge on any atom is 0.269 e. The molecule has 0 atom stereocenters. The number of halogens is 1. The second kappa shape index (κ2) is 8.05. The highest BCUT2D eigenvalue weighted by Gasteiger charge is 2.42. The molecule has 0 heterocycles. The third-order valence-corrected chi connectivity index (χ3v) is 6.78. The van der Waals surface area contributed by atoms with Crippen LogP contribution in [0.1, 0.15) is 41.6 Å². The molecule has 0 aromatic heterocycles. The molecule has 28 heavy (non-hydrogen) atoms. The summed E-state index contributed by atoms with van der Waals surface area (Å²) >= 11 is 3.41. The zero-order chi connectivity index (χ0) is 20.4. The molecule has 2 aromatic rings. The zero-order valence-electron chi connectivity index (χ0n) is 15.4. The molecule has 6 nitrogen and oxygen atoms in total. The van der Waals surface area contributed by atoms with Crippen LogP contribution in [-0.2, 0) is 20.0 Å². The van der Waals surface area contributed by atoms with Crippen LogP contribution in [0.3, 0.4) is 0 Å². The lowest BCUT2D eigenvalue weighted by Gasteiger charge is -2.28. The van der Waals surface area contributed by atoms with E-state index < -0.39 is 21.2 Å². The highest BCUT2D eigenvalue weighted by atomic mass is 79.9. The lowest BCUT2D eigenvalue weighted by Crippen LogP contribution is -2.50. The smallest absolute Gasteiger partial charge is 0.269 e. The minimum Gasteiger partial charge on any atom is -0.272 e. The monoisotopic (exact) mass is 464 g/mol. The summed E-state index contributed by atoms with van der Waals surface area (Å²) in [5, 5.41) is 0. The summed E-state index contributed by atoms with van der Waals surface area (Å²) in [5.74, 6) is -0.745. The lowest BCUT2D eigenvalue weighted by atomic mass is 9.78. The maximum atomic E-state index is 13.0. The second-order valence-electron chi connectivity index (χ2n) is 7.00. The van der Waals surface area contributed by atoms with Crippen molar-refractivity contribution in [2.75, 3.05) is 6.26 Å². The first-order valence-corrected chi connectivity index (χ1v) is 11.6. The number of amides is 2. The average molecular weight is 465 g/mol. The predicted octanol–water partition coefficient (Wildman–Crippen LogP) is 3.13. The number of hydrogen-bond acceptors (Lipinski definition) is 4. The van der Waals surface area contributed by atoms with E-state index in [2.05, 4.69) is 26.8 Å². The summed E-state index contributed by atoms with van der Waals surface area (Å²) < 4.78 is 24.0. The third kappa shape index (κ3) is 4.28. The van der Waals surface area contributed by atoms with E-state index in [0.29, 0.717) is 0 Å². The van der Waals surface area contributed by atoms with Crippen LogP contribution >= 0.6 is 15.9 Å². The van der Waals surface area contributed by atoms with Gasteiger partial charge < -0.3 is 0 Å². The van der Waals surface area contributed by atoms with Gasteiger partial charge in [-0.1, -0.05) is 40.9 Å². The molecule has 0 bridgehead atoms. The summed E-state index contributed by atoms with van der Waals surface area (Å²) in [6.45, 7) is 0. The number of hydrogen-bond donors (Lipinski definition) is 2. The van der Waals surface area contributed by atoms with Gasteiger partial charge in [-0.25, -0.2) is 8.42 Å². The number of carbonyl (C=O) groups excluding carboxylic acids is 2. The fourth-order valence-electron chi connectivity index (χ4n) is 3.55. The van der Waals surface area contributed by atoms with Gasteiger partial charge in [-0.05, 0) is 54.8 Å². The van der Waals surface area contributed by atoms with E-state index in [-0.39, 0.29) is 16.4 Å². The van der Waals surface area contributed by atoms with Crippen LogP contribution in [0.4, 0.5) is 0 Å². The van der Waals surface area contributed by atoms with Crippen LogP contribution in [0.2, 0.25) is 0 Å². The van der Waals surface area contributed by atoms with Gasteiger partial charge in [0.15, 0.2) is 9.84 Å². The molecule has 0 radical (unpaired) electrons. The third-order valence-electron chi connectivity index (χ3n) is 5.12. The van der Waals surface area contributed by atoms with Gasteiger partial charge in [0.2, 0.25) is 5.91 Å². The molecule has 0 aliphatic heterocycles. The largest absolute Gasteiger partial charge is 0.272 e. The molecule has 0 spiro atoms. The summed E-state index contributed by atoms with van der Waals surface area (Å²) in [6.07, 6.45) is 4.44. The van der Waals surface area contributed by atoms with Crippen LogP contribution in [0.5, 0.6) is 0 Å². The van der Waals surface area contributed by atoms with Crippen LogP contribution < -0.4 is 10.9 Å². The Bertz CT molecular complexity index is 980. The van der Waals surface area contributed by atoms with Crippen molar-refractivity contribution in [3.8, 4) is 0 Å². The number of benzene rings is 2. The molecule has 1 aliphatic rings. The quantitative estimate of drug-likeness (QED) is 0.679. The first-order valence-electron chi connectivity index (χ1n) is 8.89. The Morgan fingerprint density at radius 1 is 0.929 bits per heavy atom. The molecule has 0 saturated heterocycles. The van der Waals surface area contributed by atoms with Crippen molar-refractivity contribution in [3.05, 3.63) is 64.1 Å². The molecule has 0 unspecified atom stereocenters. The molecule has 2 aromatic carbocycles. The summed E-state index contributed by atoms with van der Waals surface area (Å²) in [6, 6.07) is 13.2. The van der Waals surface area contributed by atoms with E-state index in [0.717, 1.165) is 42.0 Å². The Morgan fingerprint density at radius 2 is 1.50 bits per heavy atom. The number of rotatable bonds is 4. The van der Waals surface area contributed by atoms with Crippen molar-refractivity contribution >= 4 is 37.6 Å². The van der Waals surface area contributed by atoms with Gasteiger partial charge in [0.05, 0.1) is 10.3 Å². The van der Waals surface area contributed by atoms with Crippen LogP contribution in [-0.4, -0.2) is 26.5 Å². The van der Waals surface area contributed by atoms with Gasteiger partial charge in [0, 0.05) is 16.3 Å². The van der Waals surface area contributed by atoms with Gasteiger partial charge in [-0.3, -0.25) is 20.4 Å². The number of hydrazine groups is 1. The average Bonchev–Trinajstić information content (AvgIpc) is 3.17. The van der Waals surface area contributed by atoms with E-state index in [9.17, 15) is 18.0 Å². The molecule has 1 fully saturated rings. The molecule has 1 aliphatic carbocycles. The predicted molar refractivity (Wildman–Crippen MR) is 109 cm³/mol. The fourth-order valence-corrected chi connectivity index (χ4v) is 4.45. The standard InChI is InChI=1S/C20H21BrN2O4S/c1-28(26,27)17-10-4-14(5-11-17)18(24)22-23-19(25)20(12-2-3-13-20)15-6-8-16(21)9-7-15/h4-11H,2-3,12-13H2,1H3,(H,22,24)(H,23,25). The summed E-state index contributed by atoms with van der Waals surface area (Å²) in [5.41, 5.74) is 5.53. The maximum absolute atomic E-state index is 13.0. The van der Waals surface area contributed by atoms with E-state index >= 15 is 0 Å². The summed E-state index contributed by atoms with van der Waals surface area (Å²) in [4.78, 5) is 25.4. The minimum atomic E-state index is -3.33. The molecular formula is C20H21BrN2O4S. The van der Waals surface area contributed by atoms with Crippen LogP contribution in [0.15, 0.2) is 57.9 Å². The topological polar surface area (TPSA) is 92.3 Å². The SMILES string of the molecule is CS(=O)(=O)c1ccc(C(=O)NNC(=O)C2(c3ccc(Br)cc3)CCCC2)cc1. The van der Waals surface area contributed by atoms with Crippen molar-refractivity contribution in [1.82, 2.24) is 10.9 Å². The first-order chi connectivity index (χ1) is 13.2. The Labute approximate surface area is 172 Å². The highest BCUT2D eigenvalue weighted by molar-refractivity contribution is 9.10. The molecule has 1 saturated carbocycles. The summed E-state index contributed by atoms with van der Waals surface area (Å²) in [7, 11) is -3.33. The zero-order valence-corrected chi connectivity index (χ0v) is 17.8. The van der Waals surface area contributed by atoms with Crippen molar-refractivity contribution in [2.45, 2.75) is 36.0 Å². The highest BCUT2D eigenvalue weighted by Crippen LogP contribution is 2.41. The lowest BCUT2D eigenvalue weighted by molar-refractivity contribution is -0.127. The van der Waals surface area contributed by atoms with E-state index in [1.807, 2.05) is 24.3 Å². The Morgan fingerprint density at radius 3 is 2.04 bits per heavy atom. The van der Waals surface area contributed by atoms with Crippen molar-refractivity contribution in [1.29, 1.82) is 0 Å². The van der Waals surface area contributed by atoms with E-state index in [1.165, 1.54) is 24.3 Å². The van der Waals surface area contributed by atoms with Crippen molar-refractivity contribution in [3.63, 3.8) is 0 Å². The molecule has 2 N–H and O–H groups in total. The Kier molecular flexibility index (Phi) is 5.90. The first kappa shape index (κ1) is 20.5. The molecule has 2 amide bonds. The van der Waals surface area contributed by atoms with E-state index in [1.54, 1.807) is 0 Å². The van der Waals surface area contributed by atoms with Gasteiger partial charge >= 0.3 is 0 Å². The number of nitrogens with one attached hydrogen (secondary N) is 2. The number of sulfone groups is 1. The van der Waals surface area contributed by atoms with Crippen LogP contribution in [0.25, 0.3) is 0 Å². The molecule has 3 rings (SSSR count). The molecule has 148 valence electrons. The fraction of sp³-hybridized carbons (Fsp3) is 0.300. The molecule has 8 heteroatoms.